The number of nitrogens with zero attached hydrogens (tertiary/aromatic N) is 5. The number of rotatable bonds is 1. The predicted molar refractivity (Wildman–Crippen MR) is 123 cm³/mol. The SMILES string of the molecule is CC1(C)c2ccnc3c2[C@@H](N[S+]1[O-])C1(CCN(c2cnc4c(I)[nH]nc4n2)CC1)C3. The lowest BCUT2D eigenvalue weighted by molar-refractivity contribution is 0.172. The number of hydrogen-bond donors (Lipinski definition) is 2. The second kappa shape index (κ2) is 6.50. The zero-order chi connectivity index (χ0) is 20.7. The minimum absolute atomic E-state index is 0.0489. The van der Waals surface area contributed by atoms with Crippen LogP contribution in [0.15, 0.2) is 18.5 Å². The van der Waals surface area contributed by atoms with Crippen molar-refractivity contribution in [3.8, 4) is 0 Å². The Hall–Kier alpha value is -1.50. The first kappa shape index (κ1) is 19.2. The number of H-pyrrole nitrogens is 1. The number of nitrogens with one attached hydrogen (secondary N) is 2. The molecule has 30 heavy (non-hydrogen) atoms. The summed E-state index contributed by atoms with van der Waals surface area (Å²) in [6.07, 6.45) is 6.67. The summed E-state index contributed by atoms with van der Waals surface area (Å²) in [5.41, 5.74) is 5.18. The highest BCUT2D eigenvalue weighted by Gasteiger charge is 2.57. The van der Waals surface area contributed by atoms with Gasteiger partial charge in [0, 0.05) is 52.9 Å². The second-order valence-electron chi connectivity index (χ2n) is 9.01. The van der Waals surface area contributed by atoms with Crippen molar-refractivity contribution < 1.29 is 4.55 Å². The van der Waals surface area contributed by atoms with E-state index in [0.717, 1.165) is 47.4 Å². The van der Waals surface area contributed by atoms with Crippen LogP contribution < -0.4 is 9.62 Å². The molecule has 5 heterocycles. The van der Waals surface area contributed by atoms with E-state index in [0.29, 0.717) is 5.65 Å². The summed E-state index contributed by atoms with van der Waals surface area (Å²) in [6, 6.07) is 2.17. The Labute approximate surface area is 191 Å². The number of anilines is 1. The molecule has 1 aliphatic carbocycles. The molecule has 0 aromatic carbocycles. The van der Waals surface area contributed by atoms with Crippen molar-refractivity contribution in [3.63, 3.8) is 0 Å². The topological polar surface area (TPSA) is 106 Å². The molecular formula is C20H22IN7OS. The Kier molecular flexibility index (Phi) is 4.16. The molecule has 2 N–H and O–H groups in total. The van der Waals surface area contributed by atoms with E-state index in [-0.39, 0.29) is 11.5 Å². The van der Waals surface area contributed by atoms with E-state index in [4.69, 9.17) is 9.97 Å². The summed E-state index contributed by atoms with van der Waals surface area (Å²) in [5, 5.41) is 7.19. The summed E-state index contributed by atoms with van der Waals surface area (Å²) in [6.45, 7) is 5.89. The quantitative estimate of drug-likeness (QED) is 0.365. The Balaban J connectivity index is 1.30. The smallest absolute Gasteiger partial charge is 0.202 e. The van der Waals surface area contributed by atoms with Gasteiger partial charge < -0.3 is 9.45 Å². The number of aromatic nitrogens is 5. The van der Waals surface area contributed by atoms with E-state index < -0.39 is 16.1 Å². The maximum absolute atomic E-state index is 13.0. The summed E-state index contributed by atoms with van der Waals surface area (Å²) >= 11 is 1.07. The van der Waals surface area contributed by atoms with Crippen LogP contribution in [0.4, 0.5) is 5.82 Å². The Morgan fingerprint density at radius 1 is 1.27 bits per heavy atom. The molecular weight excluding hydrogens is 513 g/mol. The maximum Gasteiger partial charge on any atom is 0.202 e. The minimum atomic E-state index is -1.12. The molecule has 3 aliphatic rings. The van der Waals surface area contributed by atoms with E-state index in [2.05, 4.69) is 67.3 Å². The van der Waals surface area contributed by atoms with Crippen molar-refractivity contribution >= 4 is 50.9 Å². The lowest BCUT2D eigenvalue weighted by Crippen LogP contribution is -2.52. The molecule has 8 nitrogen and oxygen atoms in total. The fourth-order valence-electron chi connectivity index (χ4n) is 5.34. The third kappa shape index (κ3) is 2.59. The van der Waals surface area contributed by atoms with E-state index in [1.807, 2.05) is 12.4 Å². The molecule has 0 saturated carbocycles. The molecule has 2 aliphatic heterocycles. The number of piperidine rings is 1. The monoisotopic (exact) mass is 535 g/mol. The molecule has 1 saturated heterocycles. The first-order valence-corrected chi connectivity index (χ1v) is 12.4. The van der Waals surface area contributed by atoms with Gasteiger partial charge in [-0.3, -0.25) is 10.1 Å². The van der Waals surface area contributed by atoms with E-state index >= 15 is 0 Å². The van der Waals surface area contributed by atoms with Gasteiger partial charge in [-0.05, 0) is 61.8 Å². The van der Waals surface area contributed by atoms with E-state index in [9.17, 15) is 4.55 Å². The van der Waals surface area contributed by atoms with Crippen molar-refractivity contribution in [1.82, 2.24) is 29.9 Å². The number of aromatic amines is 1. The average Bonchev–Trinajstić information content (AvgIpc) is 3.25. The highest BCUT2D eigenvalue weighted by Crippen LogP contribution is 2.57. The lowest BCUT2D eigenvalue weighted by Gasteiger charge is -2.46. The number of hydrogen-bond acceptors (Lipinski definition) is 7. The minimum Gasteiger partial charge on any atom is -0.597 e. The molecule has 0 radical (unpaired) electrons. The first-order chi connectivity index (χ1) is 14.4. The molecule has 6 rings (SSSR count). The average molecular weight is 535 g/mol. The van der Waals surface area contributed by atoms with Crippen LogP contribution in [-0.2, 0) is 22.5 Å². The van der Waals surface area contributed by atoms with Crippen LogP contribution in [0.3, 0.4) is 0 Å². The van der Waals surface area contributed by atoms with Gasteiger partial charge in [0.15, 0.2) is 4.75 Å². The largest absolute Gasteiger partial charge is 0.597 e. The van der Waals surface area contributed by atoms with Crippen molar-refractivity contribution in [2.24, 2.45) is 5.41 Å². The van der Waals surface area contributed by atoms with Crippen molar-refractivity contribution in [3.05, 3.63) is 39.0 Å². The Bertz CT molecular complexity index is 1160. The standard InChI is InChI=1S/C20H22IN7OS/c1-19(2)11-3-6-22-12-9-20(16(14(11)12)27-30(19)29)4-7-28(8-5-20)13-10-23-15-17(21)25-26-18(15)24-13/h3,6,10,16,27H,4-5,7-9H2,1-2H3,(H,24,25,26)/t16-,30?/m1/s1. The van der Waals surface area contributed by atoms with Crippen LogP contribution in [0, 0.1) is 9.12 Å². The zero-order valence-corrected chi connectivity index (χ0v) is 19.7. The predicted octanol–water partition coefficient (Wildman–Crippen LogP) is 2.74. The normalized spacial score (nSPS) is 26.3. The molecule has 0 amide bonds. The molecule has 156 valence electrons. The zero-order valence-electron chi connectivity index (χ0n) is 16.8. The maximum atomic E-state index is 13.0. The molecule has 0 bridgehead atoms. The van der Waals surface area contributed by atoms with Gasteiger partial charge >= 0.3 is 0 Å². The van der Waals surface area contributed by atoms with Crippen LogP contribution in [0.2, 0.25) is 0 Å². The van der Waals surface area contributed by atoms with Gasteiger partial charge in [-0.1, -0.05) is 0 Å². The van der Waals surface area contributed by atoms with Gasteiger partial charge in [0.05, 0.1) is 12.2 Å². The van der Waals surface area contributed by atoms with Gasteiger partial charge in [-0.15, -0.1) is 4.72 Å². The van der Waals surface area contributed by atoms with Crippen molar-refractivity contribution in [2.45, 2.75) is 43.9 Å². The molecule has 10 heteroatoms. The molecule has 1 spiro atoms. The highest BCUT2D eigenvalue weighted by molar-refractivity contribution is 14.1. The number of fused-ring (bicyclic) bond motifs is 2. The van der Waals surface area contributed by atoms with Crippen molar-refractivity contribution in [1.29, 1.82) is 0 Å². The van der Waals surface area contributed by atoms with Gasteiger partial charge in [-0.25, -0.2) is 9.97 Å². The molecule has 1 unspecified atom stereocenters. The number of pyridine rings is 1. The first-order valence-electron chi connectivity index (χ1n) is 10.2. The summed E-state index contributed by atoms with van der Waals surface area (Å²) in [5.74, 6) is 0.871. The van der Waals surface area contributed by atoms with Crippen LogP contribution in [-0.4, -0.2) is 42.8 Å². The molecule has 1 fully saturated rings. The van der Waals surface area contributed by atoms with E-state index in [1.54, 1.807) is 0 Å². The fourth-order valence-corrected chi connectivity index (χ4v) is 7.10. The second-order valence-corrected chi connectivity index (χ2v) is 11.9. The van der Waals surface area contributed by atoms with Crippen LogP contribution >= 0.6 is 22.6 Å². The number of halogens is 1. The van der Waals surface area contributed by atoms with Crippen molar-refractivity contribution in [2.75, 3.05) is 18.0 Å². The third-order valence-electron chi connectivity index (χ3n) is 7.12. The van der Waals surface area contributed by atoms with Gasteiger partial charge in [0.25, 0.3) is 0 Å². The summed E-state index contributed by atoms with van der Waals surface area (Å²) < 4.78 is 17.0. The van der Waals surface area contributed by atoms with Crippen LogP contribution in [0.5, 0.6) is 0 Å². The highest BCUT2D eigenvalue weighted by atomic mass is 127. The summed E-state index contributed by atoms with van der Waals surface area (Å²) in [7, 11) is 0. The van der Waals surface area contributed by atoms with E-state index in [1.165, 1.54) is 16.8 Å². The Morgan fingerprint density at radius 2 is 2.07 bits per heavy atom. The fraction of sp³-hybridized carbons (Fsp3) is 0.500. The van der Waals surface area contributed by atoms with Gasteiger partial charge in [0.1, 0.15) is 15.0 Å². The lowest BCUT2D eigenvalue weighted by atomic mass is 9.72. The van der Waals surface area contributed by atoms with Crippen LogP contribution in [0.25, 0.3) is 11.2 Å². The van der Waals surface area contributed by atoms with Crippen LogP contribution in [0.1, 0.15) is 49.6 Å². The Morgan fingerprint density at radius 3 is 2.87 bits per heavy atom. The summed E-state index contributed by atoms with van der Waals surface area (Å²) in [4.78, 5) is 16.3. The molecule has 3 aromatic heterocycles. The van der Waals surface area contributed by atoms with Gasteiger partial charge in [-0.2, -0.15) is 5.10 Å². The molecule has 2 atom stereocenters. The molecule has 3 aromatic rings. The van der Waals surface area contributed by atoms with Gasteiger partial charge in [0.2, 0.25) is 5.65 Å². The third-order valence-corrected chi connectivity index (χ3v) is 9.47.